The second-order valence-corrected chi connectivity index (χ2v) is 4.68. The van der Waals surface area contributed by atoms with E-state index in [2.05, 4.69) is 10.5 Å². The lowest BCUT2D eigenvalue weighted by Crippen LogP contribution is -2.19. The number of amides is 1. The van der Waals surface area contributed by atoms with Crippen LogP contribution < -0.4 is 10.2 Å². The molecule has 21 heavy (non-hydrogen) atoms. The van der Waals surface area contributed by atoms with Gasteiger partial charge >= 0.3 is 0 Å². The Balaban J connectivity index is 1.90. The molecule has 2 rings (SSSR count). The zero-order valence-corrected chi connectivity index (χ0v) is 12.2. The number of hydrogen-bond donors (Lipinski definition) is 1. The molecule has 0 atom stereocenters. The quantitative estimate of drug-likeness (QED) is 0.677. The summed E-state index contributed by atoms with van der Waals surface area (Å²) in [6.45, 7) is 1.96. The Labute approximate surface area is 124 Å². The molecule has 4 heteroatoms. The summed E-state index contributed by atoms with van der Waals surface area (Å²) >= 11 is 0. The first kappa shape index (κ1) is 14.8. The summed E-state index contributed by atoms with van der Waals surface area (Å²) in [5, 5.41) is 3.97. The number of nitrogens with one attached hydrogen (secondary N) is 1. The molecule has 0 fully saturated rings. The third-order valence-electron chi connectivity index (χ3n) is 3.03. The average Bonchev–Trinajstić information content (AvgIpc) is 2.48. The number of carbonyl (C=O) groups excluding carboxylic acids is 1. The van der Waals surface area contributed by atoms with Crippen LogP contribution in [0.1, 0.15) is 16.7 Å². The van der Waals surface area contributed by atoms with Crippen LogP contribution in [0.4, 0.5) is 0 Å². The Morgan fingerprint density at radius 3 is 2.67 bits per heavy atom. The molecule has 1 N–H and O–H groups in total. The highest BCUT2D eigenvalue weighted by atomic mass is 16.5. The Kier molecular flexibility index (Phi) is 5.10. The van der Waals surface area contributed by atoms with E-state index in [4.69, 9.17) is 4.74 Å². The summed E-state index contributed by atoms with van der Waals surface area (Å²) in [7, 11) is 1.64. The summed E-state index contributed by atoms with van der Waals surface area (Å²) in [6.07, 6.45) is 1.94. The minimum Gasteiger partial charge on any atom is -0.496 e. The standard InChI is InChI=1S/C17H18N2O2/c1-13-10-15(8-9-16(13)21-2)12-18-19-17(20)11-14-6-4-3-5-7-14/h3-10,12H,11H2,1-2H3,(H,19,20). The number of hydrogen-bond acceptors (Lipinski definition) is 3. The molecule has 0 saturated carbocycles. The van der Waals surface area contributed by atoms with E-state index in [1.54, 1.807) is 13.3 Å². The van der Waals surface area contributed by atoms with Gasteiger partial charge in [-0.25, -0.2) is 5.43 Å². The van der Waals surface area contributed by atoms with Crippen molar-refractivity contribution in [3.8, 4) is 5.75 Å². The Bertz CT molecular complexity index is 636. The fourth-order valence-corrected chi connectivity index (χ4v) is 1.98. The van der Waals surface area contributed by atoms with Crippen molar-refractivity contribution >= 4 is 12.1 Å². The minimum absolute atomic E-state index is 0.136. The van der Waals surface area contributed by atoms with Crippen LogP contribution in [-0.4, -0.2) is 19.2 Å². The lowest BCUT2D eigenvalue weighted by molar-refractivity contribution is -0.120. The number of nitrogens with zero attached hydrogens (tertiary/aromatic N) is 1. The molecular formula is C17H18N2O2. The summed E-state index contributed by atoms with van der Waals surface area (Å²) < 4.78 is 5.19. The Morgan fingerprint density at radius 2 is 2.00 bits per heavy atom. The summed E-state index contributed by atoms with van der Waals surface area (Å²) in [4.78, 5) is 11.7. The van der Waals surface area contributed by atoms with Crippen LogP contribution in [0.2, 0.25) is 0 Å². The lowest BCUT2D eigenvalue weighted by atomic mass is 10.1. The molecule has 0 saturated heterocycles. The van der Waals surface area contributed by atoms with Gasteiger partial charge in [-0.1, -0.05) is 30.3 Å². The predicted molar refractivity (Wildman–Crippen MR) is 83.6 cm³/mol. The van der Waals surface area contributed by atoms with Crippen molar-refractivity contribution < 1.29 is 9.53 Å². The SMILES string of the molecule is COc1ccc(C=NNC(=O)Cc2ccccc2)cc1C. The van der Waals surface area contributed by atoms with E-state index >= 15 is 0 Å². The van der Waals surface area contributed by atoms with Crippen LogP contribution in [0.5, 0.6) is 5.75 Å². The van der Waals surface area contributed by atoms with Crippen molar-refractivity contribution in [1.29, 1.82) is 0 Å². The second kappa shape index (κ2) is 7.24. The number of rotatable bonds is 5. The molecule has 0 aromatic heterocycles. The molecule has 2 aromatic rings. The average molecular weight is 282 g/mol. The second-order valence-electron chi connectivity index (χ2n) is 4.68. The first-order chi connectivity index (χ1) is 10.2. The molecule has 2 aromatic carbocycles. The molecule has 0 aliphatic carbocycles. The first-order valence-corrected chi connectivity index (χ1v) is 6.69. The van der Waals surface area contributed by atoms with Crippen molar-refractivity contribution in [2.24, 2.45) is 5.10 Å². The lowest BCUT2D eigenvalue weighted by Gasteiger charge is -2.04. The van der Waals surface area contributed by atoms with Crippen LogP contribution in [0.3, 0.4) is 0 Å². The molecule has 0 heterocycles. The smallest absolute Gasteiger partial charge is 0.244 e. The van der Waals surface area contributed by atoms with Crippen LogP contribution in [0.15, 0.2) is 53.6 Å². The largest absolute Gasteiger partial charge is 0.496 e. The van der Waals surface area contributed by atoms with Gasteiger partial charge in [0.25, 0.3) is 0 Å². The van der Waals surface area contributed by atoms with Gasteiger partial charge in [0.1, 0.15) is 5.75 Å². The van der Waals surface area contributed by atoms with Crippen molar-refractivity contribution in [1.82, 2.24) is 5.43 Å². The zero-order chi connectivity index (χ0) is 15.1. The molecule has 4 nitrogen and oxygen atoms in total. The monoisotopic (exact) mass is 282 g/mol. The molecule has 0 unspecified atom stereocenters. The van der Waals surface area contributed by atoms with Crippen LogP contribution >= 0.6 is 0 Å². The Morgan fingerprint density at radius 1 is 1.24 bits per heavy atom. The highest BCUT2D eigenvalue weighted by molar-refractivity contribution is 5.83. The van der Waals surface area contributed by atoms with Crippen molar-refractivity contribution in [2.75, 3.05) is 7.11 Å². The van der Waals surface area contributed by atoms with E-state index in [1.165, 1.54) is 0 Å². The molecule has 1 amide bonds. The van der Waals surface area contributed by atoms with Crippen molar-refractivity contribution in [3.63, 3.8) is 0 Å². The van der Waals surface area contributed by atoms with Crippen LogP contribution in [0.25, 0.3) is 0 Å². The van der Waals surface area contributed by atoms with E-state index in [-0.39, 0.29) is 5.91 Å². The number of hydrazone groups is 1. The molecule has 0 aliphatic rings. The Hall–Kier alpha value is -2.62. The van der Waals surface area contributed by atoms with Gasteiger partial charge in [-0.15, -0.1) is 0 Å². The molecule has 0 aliphatic heterocycles. The topological polar surface area (TPSA) is 50.7 Å². The van der Waals surface area contributed by atoms with E-state index < -0.39 is 0 Å². The fraction of sp³-hybridized carbons (Fsp3) is 0.176. The number of carbonyl (C=O) groups is 1. The summed E-state index contributed by atoms with van der Waals surface area (Å²) in [5.41, 5.74) is 5.43. The molecule has 0 radical (unpaired) electrons. The fourth-order valence-electron chi connectivity index (χ4n) is 1.98. The van der Waals surface area contributed by atoms with E-state index in [0.717, 1.165) is 22.4 Å². The van der Waals surface area contributed by atoms with Gasteiger partial charge in [-0.05, 0) is 41.8 Å². The molecular weight excluding hydrogens is 264 g/mol. The maximum atomic E-state index is 11.7. The molecule has 0 bridgehead atoms. The van der Waals surface area contributed by atoms with E-state index in [1.807, 2.05) is 55.5 Å². The first-order valence-electron chi connectivity index (χ1n) is 6.69. The van der Waals surface area contributed by atoms with Gasteiger partial charge in [0.05, 0.1) is 19.7 Å². The van der Waals surface area contributed by atoms with Gasteiger partial charge < -0.3 is 4.74 Å². The minimum atomic E-state index is -0.136. The van der Waals surface area contributed by atoms with Gasteiger partial charge in [-0.3, -0.25) is 4.79 Å². The van der Waals surface area contributed by atoms with Gasteiger partial charge in [-0.2, -0.15) is 5.10 Å². The molecule has 108 valence electrons. The normalized spacial score (nSPS) is 10.6. The zero-order valence-electron chi connectivity index (χ0n) is 12.2. The summed E-state index contributed by atoms with van der Waals surface area (Å²) in [5.74, 6) is 0.697. The maximum absolute atomic E-state index is 11.7. The van der Waals surface area contributed by atoms with Crippen molar-refractivity contribution in [3.05, 3.63) is 65.2 Å². The highest BCUT2D eigenvalue weighted by Crippen LogP contribution is 2.17. The number of ether oxygens (including phenoxy) is 1. The molecule has 0 spiro atoms. The maximum Gasteiger partial charge on any atom is 0.244 e. The van der Waals surface area contributed by atoms with Gasteiger partial charge in [0.15, 0.2) is 0 Å². The summed E-state index contributed by atoms with van der Waals surface area (Å²) in [6, 6.07) is 15.3. The van der Waals surface area contributed by atoms with Crippen molar-refractivity contribution in [2.45, 2.75) is 13.3 Å². The number of benzene rings is 2. The number of aryl methyl sites for hydroxylation is 1. The van der Waals surface area contributed by atoms with Gasteiger partial charge in [0, 0.05) is 0 Å². The highest BCUT2D eigenvalue weighted by Gasteiger charge is 2.01. The number of methoxy groups -OCH3 is 1. The third kappa shape index (κ3) is 4.45. The third-order valence-corrected chi connectivity index (χ3v) is 3.03. The van der Waals surface area contributed by atoms with E-state index in [0.29, 0.717) is 6.42 Å². The van der Waals surface area contributed by atoms with Gasteiger partial charge in [0.2, 0.25) is 5.91 Å². The van der Waals surface area contributed by atoms with Crippen LogP contribution in [-0.2, 0) is 11.2 Å². The van der Waals surface area contributed by atoms with E-state index in [9.17, 15) is 4.79 Å². The predicted octanol–water partition coefficient (Wildman–Crippen LogP) is 2.70. The van der Waals surface area contributed by atoms with Crippen LogP contribution in [0, 0.1) is 6.92 Å².